The second kappa shape index (κ2) is 7.08. The van der Waals surface area contributed by atoms with Gasteiger partial charge in [0.1, 0.15) is 0 Å². The highest BCUT2D eigenvalue weighted by Gasteiger charge is 2.49. The molecule has 2 saturated carbocycles. The molecule has 0 spiro atoms. The van der Waals surface area contributed by atoms with Gasteiger partial charge in [0.15, 0.2) is 0 Å². The van der Waals surface area contributed by atoms with Crippen molar-refractivity contribution in [2.75, 3.05) is 26.8 Å². The number of nitrogens with one attached hydrogen (secondary N) is 1. The summed E-state index contributed by atoms with van der Waals surface area (Å²) in [5, 5.41) is 3.76. The molecule has 1 N–H and O–H groups in total. The van der Waals surface area contributed by atoms with Crippen LogP contribution in [-0.4, -0.2) is 26.8 Å². The minimum absolute atomic E-state index is 0.631. The Bertz CT molecular complexity index is 266. The monoisotopic (exact) mass is 267 g/mol. The van der Waals surface area contributed by atoms with Gasteiger partial charge in [-0.15, -0.1) is 0 Å². The third-order valence-corrected chi connectivity index (χ3v) is 5.41. The highest BCUT2D eigenvalue weighted by Crippen LogP contribution is 2.57. The van der Waals surface area contributed by atoms with Crippen LogP contribution in [0.2, 0.25) is 0 Å². The maximum absolute atomic E-state index is 5.20. The van der Waals surface area contributed by atoms with Crippen LogP contribution in [0.3, 0.4) is 0 Å². The second-order valence-corrected chi connectivity index (χ2v) is 7.42. The third-order valence-electron chi connectivity index (χ3n) is 5.41. The van der Waals surface area contributed by atoms with Gasteiger partial charge < -0.3 is 10.1 Å². The third kappa shape index (κ3) is 3.95. The molecule has 0 aromatic heterocycles. The average Bonchev–Trinajstić information content (AvgIpc) is 2.95. The highest BCUT2D eigenvalue weighted by molar-refractivity contribution is 5.01. The van der Waals surface area contributed by atoms with Crippen molar-refractivity contribution in [2.24, 2.45) is 23.2 Å². The zero-order chi connectivity index (χ0) is 13.7. The Hall–Kier alpha value is -0.0800. The smallest absolute Gasteiger partial charge is 0.0462 e. The fraction of sp³-hybridized carbons (Fsp3) is 1.00. The SMILES string of the molecule is COCCCCC1(CNCC(C)C)CC2CCC1C2. The number of hydrogen-bond acceptors (Lipinski definition) is 2. The lowest BCUT2D eigenvalue weighted by Gasteiger charge is -2.38. The van der Waals surface area contributed by atoms with Gasteiger partial charge in [0, 0.05) is 20.3 Å². The molecular weight excluding hydrogens is 234 g/mol. The molecule has 0 aromatic carbocycles. The van der Waals surface area contributed by atoms with E-state index in [0.29, 0.717) is 5.41 Å². The van der Waals surface area contributed by atoms with Crippen LogP contribution in [0, 0.1) is 23.2 Å². The molecule has 3 atom stereocenters. The van der Waals surface area contributed by atoms with E-state index in [1.165, 1.54) is 58.0 Å². The van der Waals surface area contributed by atoms with Gasteiger partial charge in [-0.05, 0) is 61.8 Å². The number of rotatable bonds is 9. The van der Waals surface area contributed by atoms with Crippen LogP contribution in [-0.2, 0) is 4.74 Å². The van der Waals surface area contributed by atoms with Crippen molar-refractivity contribution in [3.63, 3.8) is 0 Å². The lowest BCUT2D eigenvalue weighted by atomic mass is 9.70. The maximum atomic E-state index is 5.20. The van der Waals surface area contributed by atoms with E-state index in [1.54, 1.807) is 0 Å². The first-order valence-electron chi connectivity index (χ1n) is 8.36. The molecule has 0 amide bonds. The van der Waals surface area contributed by atoms with Gasteiger partial charge in [0.25, 0.3) is 0 Å². The van der Waals surface area contributed by atoms with Crippen LogP contribution in [0.1, 0.15) is 58.8 Å². The molecule has 2 bridgehead atoms. The zero-order valence-corrected chi connectivity index (χ0v) is 13.2. The molecule has 0 aromatic rings. The Morgan fingerprint density at radius 3 is 2.68 bits per heavy atom. The van der Waals surface area contributed by atoms with Crippen LogP contribution in [0.5, 0.6) is 0 Å². The summed E-state index contributed by atoms with van der Waals surface area (Å²) in [6, 6.07) is 0. The first-order valence-corrected chi connectivity index (χ1v) is 8.36. The van der Waals surface area contributed by atoms with E-state index in [0.717, 1.165) is 24.4 Å². The van der Waals surface area contributed by atoms with E-state index in [1.807, 2.05) is 7.11 Å². The Morgan fingerprint density at radius 1 is 1.26 bits per heavy atom. The minimum atomic E-state index is 0.631. The molecule has 2 aliphatic carbocycles. The first-order chi connectivity index (χ1) is 9.16. The fourth-order valence-corrected chi connectivity index (χ4v) is 4.50. The fourth-order valence-electron chi connectivity index (χ4n) is 4.50. The van der Waals surface area contributed by atoms with Crippen molar-refractivity contribution in [1.29, 1.82) is 0 Å². The van der Waals surface area contributed by atoms with Gasteiger partial charge in [-0.1, -0.05) is 26.7 Å². The van der Waals surface area contributed by atoms with Crippen LogP contribution in [0.4, 0.5) is 0 Å². The van der Waals surface area contributed by atoms with Crippen LogP contribution >= 0.6 is 0 Å². The standard InChI is InChI=1S/C17H33NO/c1-14(2)12-18-13-17(8-4-5-9-19-3)11-15-6-7-16(17)10-15/h14-16,18H,4-13H2,1-3H3. The van der Waals surface area contributed by atoms with E-state index < -0.39 is 0 Å². The molecule has 3 unspecified atom stereocenters. The van der Waals surface area contributed by atoms with Gasteiger partial charge >= 0.3 is 0 Å². The minimum Gasteiger partial charge on any atom is -0.385 e. The number of methoxy groups -OCH3 is 1. The second-order valence-electron chi connectivity index (χ2n) is 7.42. The average molecular weight is 267 g/mol. The molecule has 0 heterocycles. The molecule has 2 fully saturated rings. The Labute approximate surface area is 119 Å². The normalized spacial score (nSPS) is 33.5. The van der Waals surface area contributed by atoms with Crippen LogP contribution in [0.25, 0.3) is 0 Å². The Kier molecular flexibility index (Phi) is 5.70. The van der Waals surface area contributed by atoms with Gasteiger partial charge in [-0.2, -0.15) is 0 Å². The molecule has 2 nitrogen and oxygen atoms in total. The molecule has 2 heteroatoms. The molecule has 0 saturated heterocycles. The van der Waals surface area contributed by atoms with Gasteiger partial charge in [-0.3, -0.25) is 0 Å². The molecule has 0 aliphatic heterocycles. The molecule has 19 heavy (non-hydrogen) atoms. The predicted molar refractivity (Wildman–Crippen MR) is 81.3 cm³/mol. The van der Waals surface area contributed by atoms with Gasteiger partial charge in [0.2, 0.25) is 0 Å². The van der Waals surface area contributed by atoms with Crippen molar-refractivity contribution in [2.45, 2.75) is 58.8 Å². The van der Waals surface area contributed by atoms with Crippen LogP contribution in [0.15, 0.2) is 0 Å². The Morgan fingerprint density at radius 2 is 2.11 bits per heavy atom. The van der Waals surface area contributed by atoms with Crippen molar-refractivity contribution >= 4 is 0 Å². The van der Waals surface area contributed by atoms with Gasteiger partial charge in [-0.25, -0.2) is 0 Å². The van der Waals surface area contributed by atoms with Crippen molar-refractivity contribution in [3.05, 3.63) is 0 Å². The number of fused-ring (bicyclic) bond motifs is 2. The number of hydrogen-bond donors (Lipinski definition) is 1. The number of unbranched alkanes of at least 4 members (excludes halogenated alkanes) is 1. The van der Waals surface area contributed by atoms with Crippen molar-refractivity contribution in [1.82, 2.24) is 5.32 Å². The summed E-state index contributed by atoms with van der Waals surface area (Å²) in [6.07, 6.45) is 10.0. The summed E-state index contributed by atoms with van der Waals surface area (Å²) >= 11 is 0. The van der Waals surface area contributed by atoms with Crippen LogP contribution < -0.4 is 5.32 Å². The topological polar surface area (TPSA) is 21.3 Å². The lowest BCUT2D eigenvalue weighted by molar-refractivity contribution is 0.127. The zero-order valence-electron chi connectivity index (χ0n) is 13.2. The summed E-state index contributed by atoms with van der Waals surface area (Å²) in [6.45, 7) is 7.98. The first kappa shape index (κ1) is 15.3. The van der Waals surface area contributed by atoms with E-state index in [2.05, 4.69) is 19.2 Å². The molecule has 2 aliphatic rings. The predicted octanol–water partition coefficient (Wildman–Crippen LogP) is 3.86. The van der Waals surface area contributed by atoms with Gasteiger partial charge in [0.05, 0.1) is 0 Å². The highest BCUT2D eigenvalue weighted by atomic mass is 16.5. The van der Waals surface area contributed by atoms with E-state index >= 15 is 0 Å². The molecule has 0 radical (unpaired) electrons. The summed E-state index contributed by atoms with van der Waals surface area (Å²) in [7, 11) is 1.82. The van der Waals surface area contributed by atoms with E-state index in [4.69, 9.17) is 4.74 Å². The summed E-state index contributed by atoms with van der Waals surface area (Å²) in [5.74, 6) is 2.83. The molecule has 112 valence electrons. The molecular formula is C17H33NO. The van der Waals surface area contributed by atoms with Crippen molar-refractivity contribution < 1.29 is 4.74 Å². The van der Waals surface area contributed by atoms with Crippen molar-refractivity contribution in [3.8, 4) is 0 Å². The molecule has 2 rings (SSSR count). The number of ether oxygens (including phenoxy) is 1. The maximum Gasteiger partial charge on any atom is 0.0462 e. The summed E-state index contributed by atoms with van der Waals surface area (Å²) < 4.78 is 5.20. The summed E-state index contributed by atoms with van der Waals surface area (Å²) in [4.78, 5) is 0. The van der Waals surface area contributed by atoms with E-state index in [-0.39, 0.29) is 0 Å². The summed E-state index contributed by atoms with van der Waals surface area (Å²) in [5.41, 5.74) is 0.631. The lowest BCUT2D eigenvalue weighted by Crippen LogP contribution is -2.40. The quantitative estimate of drug-likeness (QED) is 0.641. The Balaban J connectivity index is 1.83. The largest absolute Gasteiger partial charge is 0.385 e. The van der Waals surface area contributed by atoms with E-state index in [9.17, 15) is 0 Å².